The highest BCUT2D eigenvalue weighted by atomic mass is 32.2. The van der Waals surface area contributed by atoms with Crippen molar-refractivity contribution in [3.05, 3.63) is 72.4 Å². The van der Waals surface area contributed by atoms with E-state index in [0.717, 1.165) is 0 Å². The number of benzene rings is 2. The van der Waals surface area contributed by atoms with Crippen LogP contribution in [0.2, 0.25) is 0 Å². The third-order valence-corrected chi connectivity index (χ3v) is 4.90. The average Bonchev–Trinajstić information content (AvgIpc) is 3.06. The molecule has 0 saturated carbocycles. The van der Waals surface area contributed by atoms with Gasteiger partial charge in [0.2, 0.25) is 0 Å². The predicted octanol–water partition coefficient (Wildman–Crippen LogP) is 2.85. The van der Waals surface area contributed by atoms with Gasteiger partial charge in [0.25, 0.3) is 10.0 Å². The third kappa shape index (κ3) is 3.60. The van der Waals surface area contributed by atoms with Gasteiger partial charge in [-0.2, -0.15) is 5.10 Å². The van der Waals surface area contributed by atoms with E-state index in [1.54, 1.807) is 49.4 Å². The first-order valence-corrected chi connectivity index (χ1v) is 9.39. The van der Waals surface area contributed by atoms with Gasteiger partial charge in [0.05, 0.1) is 23.4 Å². The maximum atomic E-state index is 12.7. The Balaban J connectivity index is 2.09. The Kier molecular flexibility index (Phi) is 5.04. The summed E-state index contributed by atoms with van der Waals surface area (Å²) >= 11 is 0. The highest BCUT2D eigenvalue weighted by molar-refractivity contribution is 7.92. The molecule has 0 aliphatic rings. The molecule has 0 atom stereocenters. The number of rotatable bonds is 6. The van der Waals surface area contributed by atoms with Crippen LogP contribution in [0, 0.1) is 0 Å². The summed E-state index contributed by atoms with van der Waals surface area (Å²) in [6.07, 6.45) is 1.29. The Labute approximate surface area is 151 Å². The number of nitrogens with one attached hydrogen (secondary N) is 1. The maximum absolute atomic E-state index is 12.7. The van der Waals surface area contributed by atoms with E-state index in [1.807, 2.05) is 6.07 Å². The van der Waals surface area contributed by atoms with E-state index in [0.29, 0.717) is 5.69 Å². The molecule has 134 valence electrons. The molecule has 1 aromatic heterocycles. The first-order chi connectivity index (χ1) is 12.5. The minimum absolute atomic E-state index is 0.0264. The summed E-state index contributed by atoms with van der Waals surface area (Å²) in [7, 11) is -3.90. The molecule has 0 spiro atoms. The lowest BCUT2D eigenvalue weighted by molar-refractivity contribution is 0.0527. The summed E-state index contributed by atoms with van der Waals surface area (Å²) in [5, 5.41) is 4.16. The van der Waals surface area contributed by atoms with Gasteiger partial charge in [0, 0.05) is 0 Å². The van der Waals surface area contributed by atoms with Crippen LogP contribution in [0.3, 0.4) is 0 Å². The molecule has 0 fully saturated rings. The van der Waals surface area contributed by atoms with E-state index >= 15 is 0 Å². The first-order valence-electron chi connectivity index (χ1n) is 7.91. The standard InChI is InChI=1S/C18H17N3O4S/c1-2-25-18(22)16-13-19-21(14-9-5-3-6-10-14)17(16)20-26(23,24)15-11-7-4-8-12-15/h3-13,20H,2H2,1H3. The molecule has 3 aromatic rings. The molecule has 3 rings (SSSR count). The van der Waals surface area contributed by atoms with Crippen LogP contribution in [0.5, 0.6) is 0 Å². The molecule has 0 bridgehead atoms. The summed E-state index contributed by atoms with van der Waals surface area (Å²) in [6.45, 7) is 1.84. The lowest BCUT2D eigenvalue weighted by Gasteiger charge is -2.12. The fraction of sp³-hybridized carbons (Fsp3) is 0.111. The molecule has 1 heterocycles. The summed E-state index contributed by atoms with van der Waals surface area (Å²) in [5.74, 6) is -0.626. The second-order valence-electron chi connectivity index (χ2n) is 5.29. The zero-order valence-corrected chi connectivity index (χ0v) is 14.8. The molecule has 2 aromatic carbocycles. The molecule has 0 unspecified atom stereocenters. The second kappa shape index (κ2) is 7.40. The van der Waals surface area contributed by atoms with E-state index < -0.39 is 16.0 Å². The second-order valence-corrected chi connectivity index (χ2v) is 6.98. The van der Waals surface area contributed by atoms with Crippen LogP contribution in [0.25, 0.3) is 5.69 Å². The lowest BCUT2D eigenvalue weighted by atomic mass is 10.3. The summed E-state index contributed by atoms with van der Waals surface area (Å²) in [4.78, 5) is 12.3. The lowest BCUT2D eigenvalue weighted by Crippen LogP contribution is -2.18. The molecule has 26 heavy (non-hydrogen) atoms. The number of para-hydroxylation sites is 1. The van der Waals surface area contributed by atoms with Crippen LogP contribution >= 0.6 is 0 Å². The molecule has 1 N–H and O–H groups in total. The fourth-order valence-corrected chi connectivity index (χ4v) is 3.44. The van der Waals surface area contributed by atoms with Gasteiger partial charge in [0.1, 0.15) is 5.56 Å². The number of hydrogen-bond donors (Lipinski definition) is 1. The van der Waals surface area contributed by atoms with Gasteiger partial charge in [-0.15, -0.1) is 0 Å². The zero-order chi connectivity index (χ0) is 18.6. The van der Waals surface area contributed by atoms with Crippen LogP contribution in [0.15, 0.2) is 71.8 Å². The van der Waals surface area contributed by atoms with Crippen molar-refractivity contribution in [3.8, 4) is 5.69 Å². The van der Waals surface area contributed by atoms with Crippen LogP contribution < -0.4 is 4.72 Å². The van der Waals surface area contributed by atoms with Crippen molar-refractivity contribution in [1.82, 2.24) is 9.78 Å². The molecule has 0 radical (unpaired) electrons. The van der Waals surface area contributed by atoms with E-state index in [9.17, 15) is 13.2 Å². The summed E-state index contributed by atoms with van der Waals surface area (Å²) < 4.78 is 34.2. The van der Waals surface area contributed by atoms with Crippen molar-refractivity contribution in [2.45, 2.75) is 11.8 Å². The molecule has 0 aliphatic heterocycles. The predicted molar refractivity (Wildman–Crippen MR) is 96.8 cm³/mol. The van der Waals surface area contributed by atoms with Gasteiger partial charge in [-0.05, 0) is 31.2 Å². The summed E-state index contributed by atoms with van der Waals surface area (Å²) in [5.41, 5.74) is 0.643. The van der Waals surface area contributed by atoms with E-state index in [1.165, 1.54) is 23.0 Å². The number of sulfonamides is 1. The van der Waals surface area contributed by atoms with Crippen molar-refractivity contribution in [1.29, 1.82) is 0 Å². The zero-order valence-electron chi connectivity index (χ0n) is 14.0. The number of carbonyl (C=O) groups is 1. The quantitative estimate of drug-likeness (QED) is 0.673. The van der Waals surface area contributed by atoms with Gasteiger partial charge in [-0.3, -0.25) is 4.72 Å². The number of ether oxygens (including phenoxy) is 1. The van der Waals surface area contributed by atoms with Gasteiger partial charge in [-0.1, -0.05) is 36.4 Å². The van der Waals surface area contributed by atoms with E-state index in [2.05, 4.69) is 9.82 Å². The Morgan fingerprint density at radius 3 is 2.31 bits per heavy atom. The van der Waals surface area contributed by atoms with Crippen molar-refractivity contribution >= 4 is 21.8 Å². The highest BCUT2D eigenvalue weighted by Gasteiger charge is 2.24. The Morgan fingerprint density at radius 2 is 1.69 bits per heavy atom. The monoisotopic (exact) mass is 371 g/mol. The Hall–Kier alpha value is -3.13. The minimum Gasteiger partial charge on any atom is -0.462 e. The van der Waals surface area contributed by atoms with Crippen molar-refractivity contribution in [3.63, 3.8) is 0 Å². The van der Waals surface area contributed by atoms with Gasteiger partial charge < -0.3 is 4.74 Å². The van der Waals surface area contributed by atoms with E-state index in [-0.39, 0.29) is 22.9 Å². The molecule has 8 heteroatoms. The number of nitrogens with zero attached hydrogens (tertiary/aromatic N) is 2. The Bertz CT molecular complexity index is 999. The Morgan fingerprint density at radius 1 is 1.08 bits per heavy atom. The smallest absolute Gasteiger partial charge is 0.343 e. The topological polar surface area (TPSA) is 90.3 Å². The van der Waals surface area contributed by atoms with Crippen molar-refractivity contribution in [2.24, 2.45) is 0 Å². The van der Waals surface area contributed by atoms with Crippen LogP contribution in [0.1, 0.15) is 17.3 Å². The number of aromatic nitrogens is 2. The number of anilines is 1. The molecule has 7 nitrogen and oxygen atoms in total. The van der Waals surface area contributed by atoms with Crippen LogP contribution in [-0.4, -0.2) is 30.8 Å². The van der Waals surface area contributed by atoms with Crippen LogP contribution in [-0.2, 0) is 14.8 Å². The number of hydrogen-bond acceptors (Lipinski definition) is 5. The third-order valence-electron chi connectivity index (χ3n) is 3.55. The number of esters is 1. The maximum Gasteiger partial charge on any atom is 0.343 e. The summed E-state index contributed by atoms with van der Waals surface area (Å²) in [6, 6.07) is 16.8. The molecular weight excluding hydrogens is 354 g/mol. The molecular formula is C18H17N3O4S. The minimum atomic E-state index is -3.90. The average molecular weight is 371 g/mol. The largest absolute Gasteiger partial charge is 0.462 e. The highest BCUT2D eigenvalue weighted by Crippen LogP contribution is 2.24. The van der Waals surface area contributed by atoms with Crippen LogP contribution in [0.4, 0.5) is 5.82 Å². The van der Waals surface area contributed by atoms with Crippen molar-refractivity contribution in [2.75, 3.05) is 11.3 Å². The SMILES string of the molecule is CCOC(=O)c1cnn(-c2ccccc2)c1NS(=O)(=O)c1ccccc1. The van der Waals surface area contributed by atoms with Gasteiger partial charge in [-0.25, -0.2) is 17.9 Å². The normalized spacial score (nSPS) is 11.1. The molecule has 0 saturated heterocycles. The van der Waals surface area contributed by atoms with E-state index in [4.69, 9.17) is 4.74 Å². The molecule has 0 aliphatic carbocycles. The first kappa shape index (κ1) is 17.7. The molecule has 0 amide bonds. The fourth-order valence-electron chi connectivity index (χ4n) is 2.36. The van der Waals surface area contributed by atoms with Gasteiger partial charge >= 0.3 is 5.97 Å². The number of carbonyl (C=O) groups excluding carboxylic acids is 1. The van der Waals surface area contributed by atoms with Gasteiger partial charge in [0.15, 0.2) is 5.82 Å². The van der Waals surface area contributed by atoms with Crippen molar-refractivity contribution < 1.29 is 17.9 Å².